The molecule has 6 nitrogen and oxygen atoms in total. The fraction of sp³-hybridized carbons (Fsp3) is 0.182. The van der Waals surface area contributed by atoms with E-state index in [0.29, 0.717) is 5.56 Å². The average molecular weight is 235 g/mol. The van der Waals surface area contributed by atoms with Gasteiger partial charge in [-0.1, -0.05) is 6.07 Å². The topological polar surface area (TPSA) is 86.5 Å². The molecule has 0 amide bonds. The minimum atomic E-state index is -1.43. The molecule has 0 aromatic heterocycles. The highest BCUT2D eigenvalue weighted by Gasteiger charge is 2.12. The SMILES string of the molecule is CN(C)/C=C/c1ccc(C(=O)[O-])cc1[N+](=O)[O-]. The van der Waals surface area contributed by atoms with Crippen molar-refractivity contribution in [3.8, 4) is 0 Å². The van der Waals surface area contributed by atoms with E-state index < -0.39 is 10.9 Å². The molecular weight excluding hydrogens is 224 g/mol. The third-order valence-corrected chi connectivity index (χ3v) is 2.02. The lowest BCUT2D eigenvalue weighted by molar-refractivity contribution is -0.385. The summed E-state index contributed by atoms with van der Waals surface area (Å²) in [6.07, 6.45) is 3.18. The molecule has 0 fully saturated rings. The summed E-state index contributed by atoms with van der Waals surface area (Å²) in [5.74, 6) is -1.43. The Bertz CT molecular complexity index is 480. The van der Waals surface area contributed by atoms with Crippen LogP contribution in [0, 0.1) is 10.1 Å². The number of hydrogen-bond acceptors (Lipinski definition) is 5. The minimum absolute atomic E-state index is 0.210. The first kappa shape index (κ1) is 12.7. The van der Waals surface area contributed by atoms with Crippen molar-refractivity contribution in [1.29, 1.82) is 0 Å². The molecule has 17 heavy (non-hydrogen) atoms. The van der Waals surface area contributed by atoms with Crippen LogP contribution in [0.3, 0.4) is 0 Å². The van der Waals surface area contributed by atoms with Gasteiger partial charge in [0.2, 0.25) is 0 Å². The van der Waals surface area contributed by atoms with Crippen molar-refractivity contribution in [2.24, 2.45) is 0 Å². The summed E-state index contributed by atoms with van der Waals surface area (Å²) in [7, 11) is 3.55. The van der Waals surface area contributed by atoms with E-state index in [0.717, 1.165) is 6.07 Å². The summed E-state index contributed by atoms with van der Waals surface area (Å²) >= 11 is 0. The van der Waals surface area contributed by atoms with Gasteiger partial charge in [0.05, 0.1) is 16.5 Å². The summed E-state index contributed by atoms with van der Waals surface area (Å²) < 4.78 is 0. The van der Waals surface area contributed by atoms with Crippen LogP contribution in [0.1, 0.15) is 15.9 Å². The van der Waals surface area contributed by atoms with Crippen LogP contribution in [-0.4, -0.2) is 29.9 Å². The minimum Gasteiger partial charge on any atom is -0.545 e. The number of aromatic carboxylic acids is 1. The van der Waals surface area contributed by atoms with E-state index in [1.165, 1.54) is 18.2 Å². The maximum absolute atomic E-state index is 10.8. The molecule has 1 aromatic carbocycles. The van der Waals surface area contributed by atoms with Gasteiger partial charge in [-0.25, -0.2) is 0 Å². The lowest BCUT2D eigenvalue weighted by atomic mass is 10.1. The summed E-state index contributed by atoms with van der Waals surface area (Å²) in [4.78, 5) is 22.5. The van der Waals surface area contributed by atoms with E-state index in [1.54, 1.807) is 25.2 Å². The van der Waals surface area contributed by atoms with Gasteiger partial charge in [0.25, 0.3) is 5.69 Å². The van der Waals surface area contributed by atoms with Crippen LogP contribution >= 0.6 is 0 Å². The monoisotopic (exact) mass is 235 g/mol. The molecule has 0 heterocycles. The molecule has 0 N–H and O–H groups in total. The molecule has 1 aromatic rings. The Morgan fingerprint density at radius 3 is 2.53 bits per heavy atom. The van der Waals surface area contributed by atoms with Gasteiger partial charge in [-0.15, -0.1) is 0 Å². The van der Waals surface area contributed by atoms with Gasteiger partial charge >= 0.3 is 0 Å². The maximum atomic E-state index is 10.8. The number of carbonyl (C=O) groups excluding carboxylic acids is 1. The number of hydrogen-bond donors (Lipinski definition) is 0. The second-order valence-electron chi connectivity index (χ2n) is 3.60. The van der Waals surface area contributed by atoms with Crippen LogP contribution in [0.4, 0.5) is 5.69 Å². The predicted octanol–water partition coefficient (Wildman–Crippen LogP) is 0.491. The predicted molar refractivity (Wildman–Crippen MR) is 60.1 cm³/mol. The molecule has 0 spiro atoms. The second-order valence-corrected chi connectivity index (χ2v) is 3.60. The normalized spacial score (nSPS) is 10.5. The summed E-state index contributed by atoms with van der Waals surface area (Å²) in [6, 6.07) is 3.64. The molecular formula is C11H11N2O4-. The molecule has 0 aliphatic heterocycles. The number of nitro groups is 1. The number of carbonyl (C=O) groups is 1. The maximum Gasteiger partial charge on any atom is 0.277 e. The summed E-state index contributed by atoms with van der Waals surface area (Å²) in [5, 5.41) is 21.4. The van der Waals surface area contributed by atoms with Gasteiger partial charge in [-0.05, 0) is 18.3 Å². The number of carboxylic acids is 1. The molecule has 6 heteroatoms. The van der Waals surface area contributed by atoms with Crippen molar-refractivity contribution in [1.82, 2.24) is 4.90 Å². The van der Waals surface area contributed by atoms with Crippen LogP contribution in [0.15, 0.2) is 24.4 Å². The molecule has 0 aliphatic carbocycles. The zero-order valence-electron chi connectivity index (χ0n) is 9.41. The van der Waals surface area contributed by atoms with E-state index in [2.05, 4.69) is 0 Å². The second kappa shape index (κ2) is 5.11. The van der Waals surface area contributed by atoms with Crippen molar-refractivity contribution < 1.29 is 14.8 Å². The van der Waals surface area contributed by atoms with Crippen molar-refractivity contribution in [3.63, 3.8) is 0 Å². The number of rotatable bonds is 4. The first-order valence-electron chi connectivity index (χ1n) is 4.76. The Labute approximate surface area is 97.9 Å². The van der Waals surface area contributed by atoms with Crippen molar-refractivity contribution in [2.75, 3.05) is 14.1 Å². The molecule has 90 valence electrons. The van der Waals surface area contributed by atoms with E-state index in [9.17, 15) is 20.0 Å². The molecule has 0 bridgehead atoms. The first-order chi connectivity index (χ1) is 7.91. The Hall–Kier alpha value is -2.37. The van der Waals surface area contributed by atoms with Gasteiger partial charge in [0.15, 0.2) is 0 Å². The molecule has 0 radical (unpaired) electrons. The van der Waals surface area contributed by atoms with E-state index in [1.807, 2.05) is 0 Å². The van der Waals surface area contributed by atoms with Crippen molar-refractivity contribution >= 4 is 17.7 Å². The van der Waals surface area contributed by atoms with E-state index in [4.69, 9.17) is 0 Å². The number of nitro benzene ring substituents is 1. The van der Waals surface area contributed by atoms with Gasteiger partial charge < -0.3 is 14.8 Å². The number of carboxylic acid groups (broad SMARTS) is 1. The molecule has 0 aliphatic rings. The molecule has 0 saturated heterocycles. The fourth-order valence-corrected chi connectivity index (χ4v) is 1.20. The molecule has 0 atom stereocenters. The first-order valence-corrected chi connectivity index (χ1v) is 4.76. The van der Waals surface area contributed by atoms with Crippen LogP contribution in [0.2, 0.25) is 0 Å². The standard InChI is InChI=1S/C11H12N2O4/c1-12(2)6-5-8-3-4-9(11(14)15)7-10(8)13(16)17/h3-7H,1-2H3,(H,14,15)/p-1/b6-5+. The smallest absolute Gasteiger partial charge is 0.277 e. The third kappa shape index (κ3) is 3.30. The van der Waals surface area contributed by atoms with E-state index >= 15 is 0 Å². The largest absolute Gasteiger partial charge is 0.545 e. The number of nitrogens with zero attached hydrogens (tertiary/aromatic N) is 2. The zero-order valence-corrected chi connectivity index (χ0v) is 9.41. The molecule has 1 rings (SSSR count). The highest BCUT2D eigenvalue weighted by Crippen LogP contribution is 2.21. The average Bonchev–Trinajstić information content (AvgIpc) is 2.25. The Kier molecular flexibility index (Phi) is 3.82. The van der Waals surface area contributed by atoms with Crippen LogP contribution in [-0.2, 0) is 0 Å². The fourth-order valence-electron chi connectivity index (χ4n) is 1.20. The third-order valence-electron chi connectivity index (χ3n) is 2.02. The highest BCUT2D eigenvalue weighted by molar-refractivity contribution is 5.87. The summed E-state index contributed by atoms with van der Waals surface area (Å²) in [5.41, 5.74) is -0.128. The van der Waals surface area contributed by atoms with Crippen LogP contribution < -0.4 is 5.11 Å². The lowest BCUT2D eigenvalue weighted by Gasteiger charge is -2.06. The summed E-state index contributed by atoms with van der Waals surface area (Å²) in [6.45, 7) is 0. The Morgan fingerprint density at radius 2 is 2.06 bits per heavy atom. The van der Waals surface area contributed by atoms with Crippen LogP contribution in [0.25, 0.3) is 6.08 Å². The van der Waals surface area contributed by atoms with Gasteiger partial charge in [0.1, 0.15) is 0 Å². The quantitative estimate of drug-likeness (QED) is 0.560. The van der Waals surface area contributed by atoms with Crippen molar-refractivity contribution in [3.05, 3.63) is 45.6 Å². The lowest BCUT2D eigenvalue weighted by Crippen LogP contribution is -2.22. The zero-order chi connectivity index (χ0) is 13.0. The van der Waals surface area contributed by atoms with E-state index in [-0.39, 0.29) is 11.3 Å². The molecule has 0 saturated carbocycles. The van der Waals surface area contributed by atoms with Crippen molar-refractivity contribution in [2.45, 2.75) is 0 Å². The van der Waals surface area contributed by atoms with Crippen LogP contribution in [0.5, 0.6) is 0 Å². The number of benzene rings is 1. The Morgan fingerprint density at radius 1 is 1.41 bits per heavy atom. The highest BCUT2D eigenvalue weighted by atomic mass is 16.6. The van der Waals surface area contributed by atoms with Gasteiger partial charge in [-0.2, -0.15) is 0 Å². The van der Waals surface area contributed by atoms with Gasteiger partial charge in [-0.3, -0.25) is 10.1 Å². The molecule has 0 unspecified atom stereocenters. The van der Waals surface area contributed by atoms with Gasteiger partial charge in [0, 0.05) is 25.7 Å². The Balaban J connectivity index is 3.22.